The van der Waals surface area contributed by atoms with Crippen LogP contribution >= 0.6 is 0 Å². The molecule has 4 rings (SSSR count). The summed E-state index contributed by atoms with van der Waals surface area (Å²) in [6.45, 7) is 4.01. The number of carbonyl (C=O) groups excluding carboxylic acids is 2. The van der Waals surface area contributed by atoms with E-state index in [0.717, 1.165) is 11.3 Å². The van der Waals surface area contributed by atoms with E-state index in [9.17, 15) is 9.59 Å². The van der Waals surface area contributed by atoms with Gasteiger partial charge in [0.2, 0.25) is 11.8 Å². The van der Waals surface area contributed by atoms with Crippen molar-refractivity contribution in [1.29, 1.82) is 0 Å². The van der Waals surface area contributed by atoms with Crippen LogP contribution in [0.15, 0.2) is 60.7 Å². The zero-order valence-electron chi connectivity index (χ0n) is 14.9. The average Bonchev–Trinajstić information content (AvgIpc) is 2.88. The molecule has 1 fully saturated rings. The molecular formula is C22H21NO3. The van der Waals surface area contributed by atoms with Crippen molar-refractivity contribution in [2.75, 3.05) is 4.90 Å². The van der Waals surface area contributed by atoms with Gasteiger partial charge in [0.25, 0.3) is 0 Å². The fourth-order valence-corrected chi connectivity index (χ4v) is 3.88. The van der Waals surface area contributed by atoms with E-state index in [4.69, 9.17) is 4.74 Å². The quantitative estimate of drug-likeness (QED) is 0.607. The van der Waals surface area contributed by atoms with Crippen LogP contribution in [-0.2, 0) is 9.59 Å². The van der Waals surface area contributed by atoms with E-state index in [1.54, 1.807) is 24.3 Å². The van der Waals surface area contributed by atoms with Gasteiger partial charge in [0, 0.05) is 0 Å². The number of hydrogen-bond acceptors (Lipinski definition) is 3. The van der Waals surface area contributed by atoms with Crippen LogP contribution in [0.1, 0.15) is 18.9 Å². The van der Waals surface area contributed by atoms with Crippen molar-refractivity contribution in [3.8, 4) is 11.5 Å². The maximum Gasteiger partial charge on any atom is 0.238 e. The van der Waals surface area contributed by atoms with Gasteiger partial charge in [-0.15, -0.1) is 0 Å². The Morgan fingerprint density at radius 2 is 1.77 bits per heavy atom. The summed E-state index contributed by atoms with van der Waals surface area (Å²) < 4.78 is 5.84. The first-order chi connectivity index (χ1) is 12.5. The molecular weight excluding hydrogens is 326 g/mol. The van der Waals surface area contributed by atoms with Gasteiger partial charge in [0.1, 0.15) is 11.5 Å². The number of carbonyl (C=O) groups is 2. The van der Waals surface area contributed by atoms with Gasteiger partial charge in [-0.2, -0.15) is 0 Å². The van der Waals surface area contributed by atoms with E-state index >= 15 is 0 Å². The normalized spacial score (nSPS) is 24.7. The minimum atomic E-state index is -0.240. The van der Waals surface area contributed by atoms with E-state index < -0.39 is 0 Å². The molecule has 132 valence electrons. The van der Waals surface area contributed by atoms with E-state index in [1.807, 2.05) is 50.3 Å². The number of amides is 2. The number of fused-ring (bicyclic) bond motifs is 1. The molecule has 0 radical (unpaired) electrons. The Morgan fingerprint density at radius 3 is 2.46 bits per heavy atom. The Kier molecular flexibility index (Phi) is 4.11. The second-order valence-electron chi connectivity index (χ2n) is 7.08. The molecule has 1 heterocycles. The Balaban J connectivity index is 1.55. The zero-order chi connectivity index (χ0) is 18.3. The van der Waals surface area contributed by atoms with E-state index in [1.165, 1.54) is 4.90 Å². The van der Waals surface area contributed by atoms with Crippen LogP contribution in [0.25, 0.3) is 0 Å². The van der Waals surface area contributed by atoms with Crippen LogP contribution in [0.5, 0.6) is 11.5 Å². The molecule has 4 nitrogen and oxygen atoms in total. The number of nitrogens with zero attached hydrogens (tertiary/aromatic N) is 1. The van der Waals surface area contributed by atoms with Gasteiger partial charge in [-0.25, -0.2) is 0 Å². The topological polar surface area (TPSA) is 46.6 Å². The molecule has 2 amide bonds. The predicted octanol–water partition coefficient (Wildman–Crippen LogP) is 4.49. The number of ether oxygens (including phenoxy) is 1. The van der Waals surface area contributed by atoms with Crippen molar-refractivity contribution in [2.24, 2.45) is 17.8 Å². The average molecular weight is 347 g/mol. The molecule has 2 aliphatic rings. The molecule has 2 aromatic rings. The minimum absolute atomic E-state index is 0.0933. The number of allylic oxidation sites excluding steroid dienone is 2. The van der Waals surface area contributed by atoms with Gasteiger partial charge < -0.3 is 4.74 Å². The lowest BCUT2D eigenvalue weighted by molar-refractivity contribution is -0.122. The van der Waals surface area contributed by atoms with Crippen LogP contribution < -0.4 is 9.64 Å². The largest absolute Gasteiger partial charge is 0.457 e. The van der Waals surface area contributed by atoms with Crippen LogP contribution in [-0.4, -0.2) is 11.8 Å². The summed E-state index contributed by atoms with van der Waals surface area (Å²) in [4.78, 5) is 26.9. The first kappa shape index (κ1) is 16.6. The number of hydrogen-bond donors (Lipinski definition) is 0. The van der Waals surface area contributed by atoms with E-state index in [0.29, 0.717) is 17.9 Å². The third-order valence-electron chi connectivity index (χ3n) is 5.19. The first-order valence-electron chi connectivity index (χ1n) is 8.93. The SMILES string of the molecule is Cc1cccc(Oc2ccc(N3C(=O)[C@@H]4[C@@H](C)C=CC[C@H]4C3=O)cc2)c1. The molecule has 0 spiro atoms. The van der Waals surface area contributed by atoms with Crippen molar-refractivity contribution in [1.82, 2.24) is 0 Å². The Labute approximate surface area is 153 Å². The van der Waals surface area contributed by atoms with Crippen molar-refractivity contribution >= 4 is 17.5 Å². The maximum atomic E-state index is 12.8. The van der Waals surface area contributed by atoms with Crippen molar-refractivity contribution in [2.45, 2.75) is 20.3 Å². The van der Waals surface area contributed by atoms with Crippen molar-refractivity contribution in [3.63, 3.8) is 0 Å². The summed E-state index contributed by atoms with van der Waals surface area (Å²) >= 11 is 0. The molecule has 26 heavy (non-hydrogen) atoms. The summed E-state index contributed by atoms with van der Waals surface area (Å²) in [7, 11) is 0. The molecule has 3 atom stereocenters. The molecule has 4 heteroatoms. The van der Waals surface area contributed by atoms with Crippen LogP contribution in [0.3, 0.4) is 0 Å². The van der Waals surface area contributed by atoms with Crippen molar-refractivity contribution in [3.05, 3.63) is 66.2 Å². The Bertz CT molecular complexity index is 885. The number of anilines is 1. The van der Waals surface area contributed by atoms with Gasteiger partial charge in [0.15, 0.2) is 0 Å². The fraction of sp³-hybridized carbons (Fsp3) is 0.273. The number of rotatable bonds is 3. The summed E-state index contributed by atoms with van der Waals surface area (Å²) in [5.74, 6) is 0.871. The second-order valence-corrected chi connectivity index (χ2v) is 7.08. The molecule has 2 aromatic carbocycles. The second kappa shape index (κ2) is 6.45. The lowest BCUT2D eigenvalue weighted by Crippen LogP contribution is -2.31. The molecule has 1 saturated heterocycles. The lowest BCUT2D eigenvalue weighted by atomic mass is 9.78. The molecule has 0 N–H and O–H groups in total. The number of aryl methyl sites for hydroxylation is 1. The van der Waals surface area contributed by atoms with Crippen LogP contribution in [0.2, 0.25) is 0 Å². The Hall–Kier alpha value is -2.88. The highest BCUT2D eigenvalue weighted by Gasteiger charge is 2.50. The predicted molar refractivity (Wildman–Crippen MR) is 100 cm³/mol. The molecule has 1 aliphatic heterocycles. The lowest BCUT2D eigenvalue weighted by Gasteiger charge is -2.22. The van der Waals surface area contributed by atoms with Crippen molar-refractivity contribution < 1.29 is 14.3 Å². The van der Waals surface area contributed by atoms with Gasteiger partial charge in [-0.3, -0.25) is 14.5 Å². The molecule has 1 aliphatic carbocycles. The molecule has 0 saturated carbocycles. The number of benzene rings is 2. The maximum absolute atomic E-state index is 12.8. The molecule has 0 unspecified atom stereocenters. The Morgan fingerprint density at radius 1 is 1.00 bits per heavy atom. The first-order valence-corrected chi connectivity index (χ1v) is 8.93. The van der Waals surface area contributed by atoms with Gasteiger partial charge >= 0.3 is 0 Å². The highest BCUT2D eigenvalue weighted by Crippen LogP contribution is 2.40. The van der Waals surface area contributed by atoms with Gasteiger partial charge in [0.05, 0.1) is 17.5 Å². The highest BCUT2D eigenvalue weighted by atomic mass is 16.5. The third-order valence-corrected chi connectivity index (χ3v) is 5.19. The number of imide groups is 1. The molecule has 0 bridgehead atoms. The fourth-order valence-electron chi connectivity index (χ4n) is 3.88. The summed E-state index contributed by atoms with van der Waals surface area (Å²) in [6.07, 6.45) is 4.69. The van der Waals surface area contributed by atoms with E-state index in [2.05, 4.69) is 0 Å². The van der Waals surface area contributed by atoms with Crippen LogP contribution in [0.4, 0.5) is 5.69 Å². The van der Waals surface area contributed by atoms with Crippen LogP contribution in [0, 0.1) is 24.7 Å². The standard InChI is InChI=1S/C22H21NO3/c1-14-5-3-7-18(13-14)26-17-11-9-16(10-12-17)23-21(24)19-8-4-6-15(2)20(19)22(23)25/h3-7,9-13,15,19-20H,8H2,1-2H3/t15-,19+,20+/m0/s1. The molecule has 0 aromatic heterocycles. The smallest absolute Gasteiger partial charge is 0.238 e. The van der Waals surface area contributed by atoms with Gasteiger partial charge in [-0.1, -0.05) is 31.2 Å². The zero-order valence-corrected chi connectivity index (χ0v) is 14.9. The van der Waals surface area contributed by atoms with E-state index in [-0.39, 0.29) is 29.6 Å². The monoisotopic (exact) mass is 347 g/mol. The third kappa shape index (κ3) is 2.81. The summed E-state index contributed by atoms with van der Waals surface area (Å²) in [5, 5.41) is 0. The summed E-state index contributed by atoms with van der Waals surface area (Å²) in [6, 6.07) is 14.9. The van der Waals surface area contributed by atoms with Gasteiger partial charge in [-0.05, 0) is 61.2 Å². The minimum Gasteiger partial charge on any atom is -0.457 e. The highest BCUT2D eigenvalue weighted by molar-refractivity contribution is 6.22. The summed E-state index contributed by atoms with van der Waals surface area (Å²) in [5.41, 5.74) is 1.73.